The van der Waals surface area contributed by atoms with Crippen molar-refractivity contribution in [2.24, 2.45) is 11.7 Å². The van der Waals surface area contributed by atoms with Crippen molar-refractivity contribution >= 4 is 11.7 Å². The molecule has 19 heavy (non-hydrogen) atoms. The number of hydrogen-bond donors (Lipinski definition) is 1. The van der Waals surface area contributed by atoms with Crippen LogP contribution in [0.5, 0.6) is 0 Å². The molecule has 1 aliphatic rings. The molecule has 0 aliphatic carbocycles. The van der Waals surface area contributed by atoms with Crippen molar-refractivity contribution in [1.82, 2.24) is 4.98 Å². The molecule has 1 saturated heterocycles. The fourth-order valence-electron chi connectivity index (χ4n) is 2.45. The first-order valence-corrected chi connectivity index (χ1v) is 6.70. The van der Waals surface area contributed by atoms with Crippen molar-refractivity contribution in [3.63, 3.8) is 0 Å². The zero-order valence-corrected chi connectivity index (χ0v) is 11.3. The summed E-state index contributed by atoms with van der Waals surface area (Å²) in [5.41, 5.74) is 5.66. The zero-order chi connectivity index (χ0) is 13.7. The van der Waals surface area contributed by atoms with Crippen LogP contribution in [0.1, 0.15) is 29.6 Å². The van der Waals surface area contributed by atoms with Gasteiger partial charge in [-0.3, -0.25) is 4.79 Å². The molecule has 0 saturated carbocycles. The summed E-state index contributed by atoms with van der Waals surface area (Å²) in [4.78, 5) is 17.6. The predicted molar refractivity (Wildman–Crippen MR) is 74.2 cm³/mol. The number of nitrogens with two attached hydrogens (primary N) is 1. The molecule has 1 aromatic rings. The van der Waals surface area contributed by atoms with Crippen LogP contribution in [-0.2, 0) is 4.74 Å². The quantitative estimate of drug-likeness (QED) is 0.872. The van der Waals surface area contributed by atoms with Crippen LogP contribution in [0.15, 0.2) is 18.3 Å². The lowest BCUT2D eigenvalue weighted by atomic mass is 9.94. The van der Waals surface area contributed by atoms with Crippen LogP contribution in [0.3, 0.4) is 0 Å². The number of rotatable bonds is 5. The molecule has 2 rings (SSSR count). The van der Waals surface area contributed by atoms with E-state index in [-0.39, 0.29) is 0 Å². The summed E-state index contributed by atoms with van der Waals surface area (Å²) in [5, 5.41) is 0. The minimum atomic E-state index is -0.433. The van der Waals surface area contributed by atoms with Gasteiger partial charge in [-0.25, -0.2) is 4.98 Å². The highest BCUT2D eigenvalue weighted by Crippen LogP contribution is 2.23. The van der Waals surface area contributed by atoms with Gasteiger partial charge in [-0.05, 0) is 37.3 Å². The van der Waals surface area contributed by atoms with Gasteiger partial charge in [0, 0.05) is 33.0 Å². The van der Waals surface area contributed by atoms with Gasteiger partial charge in [0.1, 0.15) is 5.82 Å². The zero-order valence-electron chi connectivity index (χ0n) is 11.3. The largest absolute Gasteiger partial charge is 0.385 e. The molecule has 5 heteroatoms. The molecule has 0 bridgehead atoms. The molecule has 1 amide bonds. The first-order valence-electron chi connectivity index (χ1n) is 6.70. The Kier molecular flexibility index (Phi) is 4.74. The van der Waals surface area contributed by atoms with E-state index in [1.807, 2.05) is 6.07 Å². The van der Waals surface area contributed by atoms with Gasteiger partial charge in [-0.15, -0.1) is 0 Å². The molecule has 0 spiro atoms. The molecule has 2 N–H and O–H groups in total. The number of nitrogens with zero attached hydrogens (tertiary/aromatic N) is 2. The Morgan fingerprint density at radius 3 is 2.74 bits per heavy atom. The van der Waals surface area contributed by atoms with Gasteiger partial charge >= 0.3 is 0 Å². The van der Waals surface area contributed by atoms with Crippen molar-refractivity contribution in [2.75, 3.05) is 31.7 Å². The first kappa shape index (κ1) is 13.8. The maximum Gasteiger partial charge on any atom is 0.250 e. The second-order valence-corrected chi connectivity index (χ2v) is 4.98. The van der Waals surface area contributed by atoms with Crippen molar-refractivity contribution in [3.8, 4) is 0 Å². The number of anilines is 1. The second-order valence-electron chi connectivity index (χ2n) is 4.98. The average Bonchev–Trinajstić information content (AvgIpc) is 2.46. The van der Waals surface area contributed by atoms with E-state index in [2.05, 4.69) is 9.88 Å². The van der Waals surface area contributed by atoms with E-state index in [4.69, 9.17) is 10.5 Å². The third-order valence-corrected chi connectivity index (χ3v) is 3.70. The third-order valence-electron chi connectivity index (χ3n) is 3.70. The smallest absolute Gasteiger partial charge is 0.250 e. The average molecular weight is 263 g/mol. The molecular weight excluding hydrogens is 242 g/mol. The SMILES string of the molecule is COCCC1CCN(c2ccc(C(N)=O)cn2)CC1. The van der Waals surface area contributed by atoms with Crippen LogP contribution >= 0.6 is 0 Å². The minimum absolute atomic E-state index is 0.433. The number of pyridine rings is 1. The fraction of sp³-hybridized carbons (Fsp3) is 0.571. The number of carbonyl (C=O) groups excluding carboxylic acids is 1. The molecule has 1 aliphatic heterocycles. The van der Waals surface area contributed by atoms with Crippen LogP contribution in [0.2, 0.25) is 0 Å². The monoisotopic (exact) mass is 263 g/mol. The molecule has 104 valence electrons. The van der Waals surface area contributed by atoms with E-state index in [1.54, 1.807) is 19.4 Å². The molecule has 0 radical (unpaired) electrons. The number of carbonyl (C=O) groups is 1. The Bertz CT molecular complexity index is 411. The summed E-state index contributed by atoms with van der Waals surface area (Å²) in [6.45, 7) is 2.87. The Morgan fingerprint density at radius 2 is 2.21 bits per heavy atom. The van der Waals surface area contributed by atoms with Crippen LogP contribution < -0.4 is 10.6 Å². The van der Waals surface area contributed by atoms with Crippen molar-refractivity contribution in [1.29, 1.82) is 0 Å². The van der Waals surface area contributed by atoms with E-state index in [9.17, 15) is 4.79 Å². The summed E-state index contributed by atoms with van der Waals surface area (Å²) in [6.07, 6.45) is 5.03. The number of aromatic nitrogens is 1. The number of amides is 1. The van der Waals surface area contributed by atoms with E-state index >= 15 is 0 Å². The Hall–Kier alpha value is -1.62. The normalized spacial score (nSPS) is 16.6. The minimum Gasteiger partial charge on any atom is -0.385 e. The molecule has 5 nitrogen and oxygen atoms in total. The second kappa shape index (κ2) is 6.52. The van der Waals surface area contributed by atoms with Gasteiger partial charge in [0.2, 0.25) is 5.91 Å². The number of hydrogen-bond acceptors (Lipinski definition) is 4. The van der Waals surface area contributed by atoms with Crippen LogP contribution in [0.4, 0.5) is 5.82 Å². The summed E-state index contributed by atoms with van der Waals surface area (Å²) in [6, 6.07) is 3.61. The predicted octanol–water partition coefficient (Wildman–Crippen LogP) is 1.43. The van der Waals surface area contributed by atoms with Gasteiger partial charge in [-0.2, -0.15) is 0 Å². The molecular formula is C14H21N3O2. The number of piperidine rings is 1. The summed E-state index contributed by atoms with van der Waals surface area (Å²) in [5.74, 6) is 1.24. The fourth-order valence-corrected chi connectivity index (χ4v) is 2.45. The molecule has 0 atom stereocenters. The van der Waals surface area contributed by atoms with Crippen molar-refractivity contribution < 1.29 is 9.53 Å². The van der Waals surface area contributed by atoms with Crippen LogP contribution in [0, 0.1) is 5.92 Å². The maximum atomic E-state index is 11.0. The lowest BCUT2D eigenvalue weighted by Gasteiger charge is -2.32. The highest BCUT2D eigenvalue weighted by Gasteiger charge is 2.19. The number of ether oxygens (including phenoxy) is 1. The summed E-state index contributed by atoms with van der Waals surface area (Å²) >= 11 is 0. The van der Waals surface area contributed by atoms with Crippen LogP contribution in [-0.4, -0.2) is 37.7 Å². The molecule has 0 aromatic carbocycles. The van der Waals surface area contributed by atoms with Crippen molar-refractivity contribution in [2.45, 2.75) is 19.3 Å². The first-order chi connectivity index (χ1) is 9.20. The third kappa shape index (κ3) is 3.67. The van der Waals surface area contributed by atoms with Gasteiger partial charge in [0.25, 0.3) is 0 Å². The van der Waals surface area contributed by atoms with E-state index in [0.29, 0.717) is 5.56 Å². The lowest BCUT2D eigenvalue weighted by Crippen LogP contribution is -2.34. The lowest BCUT2D eigenvalue weighted by molar-refractivity contribution is 0.1000. The van der Waals surface area contributed by atoms with Crippen LogP contribution in [0.25, 0.3) is 0 Å². The van der Waals surface area contributed by atoms with E-state index in [0.717, 1.165) is 37.9 Å². The summed E-state index contributed by atoms with van der Waals surface area (Å²) < 4.78 is 5.12. The van der Waals surface area contributed by atoms with E-state index in [1.165, 1.54) is 12.8 Å². The Morgan fingerprint density at radius 1 is 1.47 bits per heavy atom. The Balaban J connectivity index is 1.88. The topological polar surface area (TPSA) is 68.5 Å². The van der Waals surface area contributed by atoms with Gasteiger partial charge in [0.05, 0.1) is 5.56 Å². The van der Waals surface area contributed by atoms with Crippen molar-refractivity contribution in [3.05, 3.63) is 23.9 Å². The van der Waals surface area contributed by atoms with Gasteiger partial charge in [-0.1, -0.05) is 0 Å². The highest BCUT2D eigenvalue weighted by molar-refractivity contribution is 5.92. The standard InChI is InChI=1S/C14H21N3O2/c1-19-9-6-11-4-7-17(8-5-11)13-3-2-12(10-16-13)14(15)18/h2-3,10-11H,4-9H2,1H3,(H2,15,18). The Labute approximate surface area is 113 Å². The molecule has 2 heterocycles. The van der Waals surface area contributed by atoms with Gasteiger partial charge in [0.15, 0.2) is 0 Å². The van der Waals surface area contributed by atoms with E-state index < -0.39 is 5.91 Å². The number of methoxy groups -OCH3 is 1. The molecule has 1 aromatic heterocycles. The highest BCUT2D eigenvalue weighted by atomic mass is 16.5. The maximum absolute atomic E-state index is 11.0. The molecule has 0 unspecified atom stereocenters. The summed E-state index contributed by atoms with van der Waals surface area (Å²) in [7, 11) is 1.75. The number of primary amides is 1. The van der Waals surface area contributed by atoms with Gasteiger partial charge < -0.3 is 15.4 Å². The molecule has 1 fully saturated rings.